The summed E-state index contributed by atoms with van der Waals surface area (Å²) in [5.41, 5.74) is 1.72. The predicted molar refractivity (Wildman–Crippen MR) is 115 cm³/mol. The Morgan fingerprint density at radius 3 is 2.28 bits per heavy atom. The number of aromatic nitrogens is 1. The highest BCUT2D eigenvalue weighted by molar-refractivity contribution is 7.07. The lowest BCUT2D eigenvalue weighted by molar-refractivity contribution is 0.324. The Hall–Kier alpha value is -3.00. The Kier molecular flexibility index (Phi) is 6.43. The zero-order valence-electron chi connectivity index (χ0n) is 17.4. The summed E-state index contributed by atoms with van der Waals surface area (Å²) in [6, 6.07) is 7.70. The maximum atomic E-state index is 5.61. The summed E-state index contributed by atoms with van der Waals surface area (Å²) in [6.07, 6.45) is 1.68. The van der Waals surface area contributed by atoms with Gasteiger partial charge < -0.3 is 18.6 Å². The van der Waals surface area contributed by atoms with E-state index in [4.69, 9.17) is 23.6 Å². The van der Waals surface area contributed by atoms with Gasteiger partial charge in [-0.3, -0.25) is 4.99 Å². The molecule has 3 aromatic rings. The zero-order valence-corrected chi connectivity index (χ0v) is 18.2. The molecular weight excluding hydrogens is 390 g/mol. The molecule has 29 heavy (non-hydrogen) atoms. The Balaban J connectivity index is 2.17. The number of rotatable bonds is 7. The van der Waals surface area contributed by atoms with E-state index in [-0.39, 0.29) is 6.04 Å². The van der Waals surface area contributed by atoms with Crippen LogP contribution < -0.4 is 19.0 Å². The smallest absolute Gasteiger partial charge is 0.206 e. The molecule has 7 nitrogen and oxygen atoms in total. The van der Waals surface area contributed by atoms with Crippen LogP contribution in [-0.2, 0) is 0 Å². The van der Waals surface area contributed by atoms with Crippen molar-refractivity contribution in [1.82, 2.24) is 4.68 Å². The Labute approximate surface area is 173 Å². The number of furan rings is 1. The summed E-state index contributed by atoms with van der Waals surface area (Å²) in [5, 5.41) is 6.64. The number of aryl methyl sites for hydroxylation is 1. The molecule has 0 aliphatic rings. The Morgan fingerprint density at radius 1 is 1.07 bits per heavy atom. The van der Waals surface area contributed by atoms with Crippen molar-refractivity contribution >= 4 is 17.6 Å². The minimum atomic E-state index is 0.133. The van der Waals surface area contributed by atoms with E-state index in [2.05, 4.69) is 5.10 Å². The topological polar surface area (TPSA) is 70.5 Å². The zero-order chi connectivity index (χ0) is 21.0. The summed E-state index contributed by atoms with van der Waals surface area (Å²) in [6.45, 7) is 5.96. The second-order valence-electron chi connectivity index (χ2n) is 6.55. The third-order valence-electron chi connectivity index (χ3n) is 4.08. The van der Waals surface area contributed by atoms with E-state index in [0.29, 0.717) is 23.0 Å². The number of ether oxygens (including phenoxy) is 3. The van der Waals surface area contributed by atoms with E-state index in [0.717, 1.165) is 21.8 Å². The monoisotopic (exact) mass is 415 g/mol. The summed E-state index contributed by atoms with van der Waals surface area (Å²) in [5.74, 6) is 3.20. The molecule has 154 valence electrons. The first kappa shape index (κ1) is 20.7. The van der Waals surface area contributed by atoms with Crippen LogP contribution in [0.15, 0.2) is 44.2 Å². The lowest BCUT2D eigenvalue weighted by Gasteiger charge is -2.14. The number of thiazole rings is 1. The molecule has 0 fully saturated rings. The first-order valence-electron chi connectivity index (χ1n) is 9.12. The summed E-state index contributed by atoms with van der Waals surface area (Å²) in [7, 11) is 4.78. The van der Waals surface area contributed by atoms with E-state index < -0.39 is 0 Å². The molecule has 0 atom stereocenters. The summed E-state index contributed by atoms with van der Waals surface area (Å²) in [4.78, 5) is 5.47. The maximum absolute atomic E-state index is 5.61. The van der Waals surface area contributed by atoms with Crippen LogP contribution in [0.4, 0.5) is 0 Å². The maximum Gasteiger partial charge on any atom is 0.206 e. The minimum Gasteiger partial charge on any atom is -0.493 e. The molecule has 1 aromatic carbocycles. The molecule has 0 radical (unpaired) electrons. The molecule has 0 N–H and O–H groups in total. The van der Waals surface area contributed by atoms with Crippen molar-refractivity contribution in [2.75, 3.05) is 21.3 Å². The number of hydrogen-bond donors (Lipinski definition) is 0. The third-order valence-corrected chi connectivity index (χ3v) is 4.91. The molecular formula is C21H25N3O4S. The molecule has 3 rings (SSSR count). The Bertz CT molecular complexity index is 1050. The molecule has 0 amide bonds. The number of benzene rings is 1. The molecule has 0 unspecified atom stereocenters. The van der Waals surface area contributed by atoms with E-state index in [9.17, 15) is 0 Å². The Morgan fingerprint density at radius 2 is 1.76 bits per heavy atom. The number of methoxy groups -OCH3 is 3. The predicted octanol–water partition coefficient (Wildman–Crippen LogP) is 4.34. The van der Waals surface area contributed by atoms with E-state index >= 15 is 0 Å². The van der Waals surface area contributed by atoms with Gasteiger partial charge >= 0.3 is 0 Å². The van der Waals surface area contributed by atoms with Crippen LogP contribution in [0.25, 0.3) is 11.3 Å². The van der Waals surface area contributed by atoms with Gasteiger partial charge in [-0.25, -0.2) is 4.68 Å². The van der Waals surface area contributed by atoms with E-state index in [1.807, 2.05) is 50.4 Å². The molecule has 2 heterocycles. The van der Waals surface area contributed by atoms with Gasteiger partial charge in [0, 0.05) is 17.0 Å². The molecule has 8 heteroatoms. The first-order chi connectivity index (χ1) is 14.0. The highest BCUT2D eigenvalue weighted by Gasteiger charge is 2.17. The second kappa shape index (κ2) is 9.00. The van der Waals surface area contributed by atoms with Crippen LogP contribution in [-0.4, -0.2) is 38.3 Å². The lowest BCUT2D eigenvalue weighted by Crippen LogP contribution is -2.14. The third kappa shape index (κ3) is 4.54. The highest BCUT2D eigenvalue weighted by atomic mass is 32.1. The number of nitrogens with zero attached hydrogens (tertiary/aromatic N) is 3. The molecule has 0 spiro atoms. The van der Waals surface area contributed by atoms with Crippen molar-refractivity contribution in [2.45, 2.75) is 26.8 Å². The minimum absolute atomic E-state index is 0.133. The van der Waals surface area contributed by atoms with Gasteiger partial charge in [0.2, 0.25) is 10.6 Å². The lowest BCUT2D eigenvalue weighted by atomic mass is 10.1. The molecule has 0 bridgehead atoms. The van der Waals surface area contributed by atoms with Gasteiger partial charge in [0.25, 0.3) is 0 Å². The van der Waals surface area contributed by atoms with Gasteiger partial charge in [-0.1, -0.05) is 0 Å². The van der Waals surface area contributed by atoms with Crippen molar-refractivity contribution < 1.29 is 18.6 Å². The number of hydrogen-bond acceptors (Lipinski definition) is 7. The van der Waals surface area contributed by atoms with Crippen LogP contribution in [0, 0.1) is 6.92 Å². The van der Waals surface area contributed by atoms with Gasteiger partial charge in [-0.05, 0) is 45.0 Å². The van der Waals surface area contributed by atoms with Gasteiger partial charge in [0.15, 0.2) is 11.5 Å². The molecule has 0 saturated heterocycles. The molecule has 2 aromatic heterocycles. The van der Waals surface area contributed by atoms with Crippen molar-refractivity contribution in [2.24, 2.45) is 10.1 Å². The van der Waals surface area contributed by atoms with Crippen LogP contribution in [0.2, 0.25) is 0 Å². The average Bonchev–Trinajstić information content (AvgIpc) is 3.30. The molecule has 0 saturated carbocycles. The van der Waals surface area contributed by atoms with Crippen LogP contribution in [0.5, 0.6) is 17.2 Å². The van der Waals surface area contributed by atoms with Crippen LogP contribution in [0.1, 0.15) is 25.4 Å². The first-order valence-corrected chi connectivity index (χ1v) is 10.00. The fourth-order valence-electron chi connectivity index (χ4n) is 2.79. The fraction of sp³-hybridized carbons (Fsp3) is 0.333. The van der Waals surface area contributed by atoms with E-state index in [1.165, 1.54) is 11.3 Å². The average molecular weight is 416 g/mol. The summed E-state index contributed by atoms with van der Waals surface area (Å²) < 4.78 is 23.8. The normalized spacial score (nSPS) is 12.2. The van der Waals surface area contributed by atoms with Gasteiger partial charge in [0.05, 0.1) is 33.2 Å². The SMILES string of the molecule is COc1cc(-c2csc(=NC(C)C)n2N=Cc2ccc(C)o2)cc(OC)c1OC. The molecule has 0 aliphatic carbocycles. The van der Waals surface area contributed by atoms with Crippen molar-refractivity contribution in [3.05, 3.63) is 46.0 Å². The largest absolute Gasteiger partial charge is 0.493 e. The summed E-state index contributed by atoms with van der Waals surface area (Å²) >= 11 is 1.52. The van der Waals surface area contributed by atoms with E-state index in [1.54, 1.807) is 32.2 Å². The molecule has 0 aliphatic heterocycles. The van der Waals surface area contributed by atoms with Crippen molar-refractivity contribution in [3.63, 3.8) is 0 Å². The highest BCUT2D eigenvalue weighted by Crippen LogP contribution is 2.41. The quantitative estimate of drug-likeness (QED) is 0.539. The second-order valence-corrected chi connectivity index (χ2v) is 7.38. The van der Waals surface area contributed by atoms with Crippen LogP contribution >= 0.6 is 11.3 Å². The standard InChI is InChI=1S/C21H25N3O4S/c1-13(2)23-21-24(22-11-16-8-7-14(3)28-16)17(12-29-21)15-9-18(25-4)20(27-6)19(10-15)26-5/h7-13H,1-6H3. The van der Waals surface area contributed by atoms with Gasteiger partial charge in [0.1, 0.15) is 11.5 Å². The van der Waals surface area contributed by atoms with Crippen LogP contribution in [0.3, 0.4) is 0 Å². The van der Waals surface area contributed by atoms with Crippen molar-refractivity contribution in [3.8, 4) is 28.5 Å². The van der Waals surface area contributed by atoms with Gasteiger partial charge in [-0.2, -0.15) is 5.10 Å². The fourth-order valence-corrected chi connectivity index (χ4v) is 3.76. The van der Waals surface area contributed by atoms with Crippen molar-refractivity contribution in [1.29, 1.82) is 0 Å². The van der Waals surface area contributed by atoms with Gasteiger partial charge in [-0.15, -0.1) is 11.3 Å².